The van der Waals surface area contributed by atoms with Crippen LogP contribution in [0.2, 0.25) is 15.1 Å². The summed E-state index contributed by atoms with van der Waals surface area (Å²) in [4.78, 5) is 0. The SMILES string of the molecule is COc1ccc(CNc2c(Cl)cc(Cl)cc2Cl)cc1. The maximum absolute atomic E-state index is 6.10. The van der Waals surface area contributed by atoms with Gasteiger partial charge in [0.1, 0.15) is 5.75 Å². The van der Waals surface area contributed by atoms with Crippen LogP contribution >= 0.6 is 34.8 Å². The molecular weight excluding hydrogens is 305 g/mol. The molecule has 0 spiro atoms. The summed E-state index contributed by atoms with van der Waals surface area (Å²) in [6.07, 6.45) is 0. The molecule has 0 saturated heterocycles. The zero-order valence-corrected chi connectivity index (χ0v) is 12.5. The molecule has 1 N–H and O–H groups in total. The first kappa shape index (κ1) is 14.3. The van der Waals surface area contributed by atoms with Crippen molar-refractivity contribution >= 4 is 40.5 Å². The van der Waals surface area contributed by atoms with E-state index in [1.165, 1.54) is 0 Å². The molecule has 0 saturated carbocycles. The van der Waals surface area contributed by atoms with Crippen molar-refractivity contribution in [2.75, 3.05) is 12.4 Å². The Morgan fingerprint density at radius 1 is 1.00 bits per heavy atom. The van der Waals surface area contributed by atoms with Gasteiger partial charge in [0.05, 0.1) is 22.8 Å². The summed E-state index contributed by atoms with van der Waals surface area (Å²) < 4.78 is 5.11. The Morgan fingerprint density at radius 2 is 1.58 bits per heavy atom. The summed E-state index contributed by atoms with van der Waals surface area (Å²) in [5.41, 5.74) is 1.78. The first-order valence-corrected chi connectivity index (χ1v) is 6.75. The molecule has 0 amide bonds. The Bertz CT molecular complexity index is 546. The second kappa shape index (κ2) is 6.38. The number of rotatable bonds is 4. The van der Waals surface area contributed by atoms with E-state index in [2.05, 4.69) is 5.32 Å². The quantitative estimate of drug-likeness (QED) is 0.830. The van der Waals surface area contributed by atoms with E-state index in [4.69, 9.17) is 39.5 Å². The third-order valence-corrected chi connectivity index (χ3v) is 3.45. The van der Waals surface area contributed by atoms with Crippen LogP contribution in [0, 0.1) is 0 Å². The fourth-order valence-electron chi connectivity index (χ4n) is 1.64. The molecule has 0 fully saturated rings. The molecule has 0 aromatic heterocycles. The molecule has 0 unspecified atom stereocenters. The number of halogens is 3. The lowest BCUT2D eigenvalue weighted by atomic mass is 10.2. The van der Waals surface area contributed by atoms with Gasteiger partial charge in [-0.25, -0.2) is 0 Å². The van der Waals surface area contributed by atoms with Crippen LogP contribution in [0.4, 0.5) is 5.69 Å². The van der Waals surface area contributed by atoms with Gasteiger partial charge < -0.3 is 10.1 Å². The molecule has 2 rings (SSSR count). The summed E-state index contributed by atoms with van der Waals surface area (Å²) in [7, 11) is 1.64. The number of nitrogens with one attached hydrogen (secondary N) is 1. The van der Waals surface area contributed by atoms with Gasteiger partial charge in [0.2, 0.25) is 0 Å². The third-order valence-electron chi connectivity index (χ3n) is 2.64. The van der Waals surface area contributed by atoms with E-state index < -0.39 is 0 Å². The lowest BCUT2D eigenvalue weighted by Crippen LogP contribution is -2.00. The first-order chi connectivity index (χ1) is 9.10. The molecule has 2 aromatic rings. The number of benzene rings is 2. The van der Waals surface area contributed by atoms with Gasteiger partial charge in [0.15, 0.2) is 0 Å². The Morgan fingerprint density at radius 3 is 2.11 bits per heavy atom. The van der Waals surface area contributed by atoms with Crippen LogP contribution in [0.1, 0.15) is 5.56 Å². The smallest absolute Gasteiger partial charge is 0.118 e. The molecule has 0 aliphatic heterocycles. The average molecular weight is 317 g/mol. The third kappa shape index (κ3) is 3.69. The molecule has 0 radical (unpaired) electrons. The number of methoxy groups -OCH3 is 1. The average Bonchev–Trinajstić information content (AvgIpc) is 2.38. The minimum atomic E-state index is 0.506. The number of anilines is 1. The van der Waals surface area contributed by atoms with E-state index in [1.807, 2.05) is 24.3 Å². The van der Waals surface area contributed by atoms with E-state index in [0.717, 1.165) is 11.3 Å². The largest absolute Gasteiger partial charge is 0.497 e. The topological polar surface area (TPSA) is 21.3 Å². The predicted octanol–water partition coefficient (Wildman–Crippen LogP) is 5.27. The zero-order chi connectivity index (χ0) is 13.8. The standard InChI is InChI=1S/C14H12Cl3NO/c1-19-11-4-2-9(3-5-11)8-18-14-12(16)6-10(15)7-13(14)17/h2-7,18H,8H2,1H3. The van der Waals surface area contributed by atoms with E-state index >= 15 is 0 Å². The zero-order valence-electron chi connectivity index (χ0n) is 10.2. The molecule has 100 valence electrons. The van der Waals surface area contributed by atoms with Crippen LogP contribution in [0.5, 0.6) is 5.75 Å². The summed E-state index contributed by atoms with van der Waals surface area (Å²) in [6.45, 7) is 0.616. The van der Waals surface area contributed by atoms with Crippen LogP contribution in [-0.4, -0.2) is 7.11 Å². The van der Waals surface area contributed by atoms with Crippen molar-refractivity contribution < 1.29 is 4.74 Å². The van der Waals surface area contributed by atoms with E-state index in [9.17, 15) is 0 Å². The van der Waals surface area contributed by atoms with Crippen molar-refractivity contribution in [1.82, 2.24) is 0 Å². The van der Waals surface area contributed by atoms with Gasteiger partial charge in [-0.1, -0.05) is 46.9 Å². The van der Waals surface area contributed by atoms with Crippen LogP contribution in [-0.2, 0) is 6.54 Å². The number of ether oxygens (including phenoxy) is 1. The molecule has 0 aliphatic rings. The highest BCUT2D eigenvalue weighted by Gasteiger charge is 2.07. The molecule has 2 nitrogen and oxygen atoms in total. The summed E-state index contributed by atoms with van der Waals surface area (Å²) in [5, 5.41) is 4.73. The maximum atomic E-state index is 6.10. The lowest BCUT2D eigenvalue weighted by molar-refractivity contribution is 0.414. The second-order valence-electron chi connectivity index (χ2n) is 3.95. The fraction of sp³-hybridized carbons (Fsp3) is 0.143. The predicted molar refractivity (Wildman–Crippen MR) is 81.8 cm³/mol. The van der Waals surface area contributed by atoms with Gasteiger partial charge in [0, 0.05) is 11.6 Å². The van der Waals surface area contributed by atoms with Gasteiger partial charge in [-0.3, -0.25) is 0 Å². The Hall–Kier alpha value is -1.09. The van der Waals surface area contributed by atoms with Crippen molar-refractivity contribution in [3.05, 3.63) is 57.0 Å². The summed E-state index contributed by atoms with van der Waals surface area (Å²) in [6, 6.07) is 11.1. The summed E-state index contributed by atoms with van der Waals surface area (Å²) in [5.74, 6) is 0.825. The van der Waals surface area contributed by atoms with Gasteiger partial charge >= 0.3 is 0 Å². The monoisotopic (exact) mass is 315 g/mol. The Balaban J connectivity index is 2.10. The van der Waals surface area contributed by atoms with Crippen molar-refractivity contribution in [2.24, 2.45) is 0 Å². The van der Waals surface area contributed by atoms with E-state index in [0.29, 0.717) is 27.3 Å². The lowest BCUT2D eigenvalue weighted by Gasteiger charge is -2.11. The van der Waals surface area contributed by atoms with Gasteiger partial charge in [-0.15, -0.1) is 0 Å². The minimum Gasteiger partial charge on any atom is -0.497 e. The van der Waals surface area contributed by atoms with Gasteiger partial charge in [0.25, 0.3) is 0 Å². The minimum absolute atomic E-state index is 0.506. The van der Waals surface area contributed by atoms with Crippen molar-refractivity contribution in [2.45, 2.75) is 6.54 Å². The van der Waals surface area contributed by atoms with E-state index in [1.54, 1.807) is 19.2 Å². The highest BCUT2D eigenvalue weighted by atomic mass is 35.5. The normalized spacial score (nSPS) is 10.3. The van der Waals surface area contributed by atoms with Crippen LogP contribution < -0.4 is 10.1 Å². The van der Waals surface area contributed by atoms with Crippen molar-refractivity contribution in [3.63, 3.8) is 0 Å². The fourth-order valence-corrected chi connectivity index (χ4v) is 2.60. The van der Waals surface area contributed by atoms with Crippen molar-refractivity contribution in [1.29, 1.82) is 0 Å². The van der Waals surface area contributed by atoms with E-state index in [-0.39, 0.29) is 0 Å². The molecule has 0 atom stereocenters. The highest BCUT2D eigenvalue weighted by molar-refractivity contribution is 6.41. The molecular formula is C14H12Cl3NO. The Labute approximate surface area is 127 Å². The van der Waals surface area contributed by atoms with Crippen LogP contribution in [0.25, 0.3) is 0 Å². The second-order valence-corrected chi connectivity index (χ2v) is 5.20. The van der Waals surface area contributed by atoms with Gasteiger partial charge in [-0.05, 0) is 29.8 Å². The number of hydrogen-bond acceptors (Lipinski definition) is 2. The number of hydrogen-bond donors (Lipinski definition) is 1. The molecule has 0 heterocycles. The molecule has 0 bridgehead atoms. The molecule has 5 heteroatoms. The first-order valence-electron chi connectivity index (χ1n) is 5.61. The van der Waals surface area contributed by atoms with Crippen LogP contribution in [0.15, 0.2) is 36.4 Å². The van der Waals surface area contributed by atoms with Crippen LogP contribution in [0.3, 0.4) is 0 Å². The highest BCUT2D eigenvalue weighted by Crippen LogP contribution is 2.33. The Kier molecular flexibility index (Phi) is 4.81. The molecule has 19 heavy (non-hydrogen) atoms. The van der Waals surface area contributed by atoms with Gasteiger partial charge in [-0.2, -0.15) is 0 Å². The molecule has 2 aromatic carbocycles. The molecule has 0 aliphatic carbocycles. The van der Waals surface area contributed by atoms with Crippen molar-refractivity contribution in [3.8, 4) is 5.75 Å². The summed E-state index contributed by atoms with van der Waals surface area (Å²) >= 11 is 18.1. The maximum Gasteiger partial charge on any atom is 0.118 e.